The number of carbonyl (C=O) groups is 1. The fraction of sp³-hybridized carbons (Fsp3) is 0.706. The Morgan fingerprint density at radius 2 is 2.24 bits per heavy atom. The molecule has 0 unspecified atom stereocenters. The Morgan fingerprint density at radius 3 is 2.92 bits per heavy atom. The monoisotopic (exact) mass is 370 g/mol. The molecule has 0 radical (unpaired) electrons. The van der Waals surface area contributed by atoms with Crippen molar-refractivity contribution in [1.82, 2.24) is 15.1 Å². The number of ether oxygens (including phenoxy) is 1. The molecule has 1 aromatic heterocycles. The van der Waals surface area contributed by atoms with Crippen molar-refractivity contribution in [3.63, 3.8) is 0 Å². The van der Waals surface area contributed by atoms with Crippen LogP contribution < -0.4 is 5.32 Å². The van der Waals surface area contributed by atoms with Gasteiger partial charge >= 0.3 is 6.09 Å². The summed E-state index contributed by atoms with van der Waals surface area (Å²) in [6.07, 6.45) is 2.82. The van der Waals surface area contributed by atoms with Crippen LogP contribution in [0, 0.1) is 0 Å². The second-order valence-corrected chi connectivity index (χ2v) is 7.64. The Kier molecular flexibility index (Phi) is 6.84. The van der Waals surface area contributed by atoms with E-state index in [1.54, 1.807) is 4.90 Å². The zero-order chi connectivity index (χ0) is 18.4. The molecule has 0 saturated carbocycles. The fourth-order valence-electron chi connectivity index (χ4n) is 2.73. The molecule has 1 atom stereocenters. The third-order valence-electron chi connectivity index (χ3n) is 3.85. The first-order valence-corrected chi connectivity index (χ1v) is 9.03. The summed E-state index contributed by atoms with van der Waals surface area (Å²) in [5.74, 6) is 0.633. The summed E-state index contributed by atoms with van der Waals surface area (Å²) >= 11 is 6.05. The highest BCUT2D eigenvalue weighted by molar-refractivity contribution is 6.30. The normalized spacial score (nSPS) is 18.1. The number of aryl methyl sites for hydroxylation is 1. The second kappa shape index (κ2) is 8.67. The van der Waals surface area contributed by atoms with Crippen molar-refractivity contribution in [2.45, 2.75) is 58.1 Å². The van der Waals surface area contributed by atoms with Gasteiger partial charge in [-0.25, -0.2) is 4.79 Å². The van der Waals surface area contributed by atoms with Gasteiger partial charge in [0.2, 0.25) is 0 Å². The number of aliphatic hydroxyl groups excluding tert-OH is 1. The van der Waals surface area contributed by atoms with E-state index < -0.39 is 5.60 Å². The number of halogens is 1. The highest BCUT2D eigenvalue weighted by Gasteiger charge is 2.27. The zero-order valence-corrected chi connectivity index (χ0v) is 15.8. The summed E-state index contributed by atoms with van der Waals surface area (Å²) in [6, 6.07) is 1.94. The Balaban J connectivity index is 1.97. The lowest BCUT2D eigenvalue weighted by atomic mass is 10.1. The Hall–Kier alpha value is -1.60. The number of hydrogen-bond acceptors (Lipinski definition) is 6. The van der Waals surface area contributed by atoms with Crippen LogP contribution in [0.15, 0.2) is 6.07 Å². The second-order valence-electron chi connectivity index (χ2n) is 7.28. The van der Waals surface area contributed by atoms with Crippen molar-refractivity contribution in [3.05, 3.63) is 16.8 Å². The number of anilines is 1. The van der Waals surface area contributed by atoms with E-state index in [9.17, 15) is 4.79 Å². The summed E-state index contributed by atoms with van der Waals surface area (Å²) in [5.41, 5.74) is 0.355. The van der Waals surface area contributed by atoms with Gasteiger partial charge in [0.25, 0.3) is 0 Å². The van der Waals surface area contributed by atoms with Crippen molar-refractivity contribution in [2.24, 2.45) is 0 Å². The third-order valence-corrected chi connectivity index (χ3v) is 4.17. The van der Waals surface area contributed by atoms with E-state index >= 15 is 0 Å². The number of hydrogen-bond donors (Lipinski definition) is 2. The van der Waals surface area contributed by atoms with Gasteiger partial charge in [-0.05, 0) is 58.1 Å². The van der Waals surface area contributed by atoms with Crippen LogP contribution >= 0.6 is 11.6 Å². The first-order valence-electron chi connectivity index (χ1n) is 8.66. The van der Waals surface area contributed by atoms with Crippen molar-refractivity contribution in [3.8, 4) is 0 Å². The van der Waals surface area contributed by atoms with Crippen LogP contribution in [0.2, 0.25) is 5.15 Å². The minimum absolute atomic E-state index is 0.0856. The molecule has 1 aromatic rings. The predicted molar refractivity (Wildman–Crippen MR) is 96.9 cm³/mol. The van der Waals surface area contributed by atoms with Crippen LogP contribution in [0.3, 0.4) is 0 Å². The van der Waals surface area contributed by atoms with Gasteiger partial charge in [-0.3, -0.25) is 0 Å². The van der Waals surface area contributed by atoms with Gasteiger partial charge in [-0.2, -0.15) is 0 Å². The summed E-state index contributed by atoms with van der Waals surface area (Å²) in [6.45, 7) is 6.95. The van der Waals surface area contributed by atoms with E-state index in [1.807, 2.05) is 26.8 Å². The van der Waals surface area contributed by atoms with Crippen LogP contribution in [0.25, 0.3) is 0 Å². The third kappa shape index (κ3) is 6.32. The zero-order valence-electron chi connectivity index (χ0n) is 15.1. The molecule has 0 aromatic carbocycles. The topological polar surface area (TPSA) is 87.6 Å². The number of piperidine rings is 1. The lowest BCUT2D eigenvalue weighted by Crippen LogP contribution is -2.47. The van der Waals surface area contributed by atoms with Crippen LogP contribution in [-0.4, -0.2) is 57.6 Å². The molecule has 0 aliphatic carbocycles. The van der Waals surface area contributed by atoms with Crippen LogP contribution in [-0.2, 0) is 11.2 Å². The molecule has 140 valence electrons. The van der Waals surface area contributed by atoms with Gasteiger partial charge in [-0.15, -0.1) is 10.2 Å². The van der Waals surface area contributed by atoms with Crippen molar-refractivity contribution < 1.29 is 14.6 Å². The van der Waals surface area contributed by atoms with E-state index in [0.717, 1.165) is 18.4 Å². The first kappa shape index (κ1) is 19.7. The number of nitrogens with one attached hydrogen (secondary N) is 1. The number of aromatic nitrogens is 2. The fourth-order valence-corrected chi connectivity index (χ4v) is 2.91. The van der Waals surface area contributed by atoms with Gasteiger partial charge < -0.3 is 20.1 Å². The Bertz CT molecular complexity index is 592. The molecule has 1 amide bonds. The standard InChI is InChI=1S/C17H27ClN4O3/c1-17(2,3)25-16(24)22-8-4-7-13(11-22)19-14-10-12(6-5-9-23)15(18)21-20-14/h10,13,23H,4-9,11H2,1-3H3,(H,19,20)/t13-/m1/s1. The SMILES string of the molecule is CC(C)(C)OC(=O)N1CCC[C@@H](Nc2cc(CCCO)c(Cl)nn2)C1. The molecule has 8 heteroatoms. The van der Waals surface area contributed by atoms with Gasteiger partial charge in [0.05, 0.1) is 0 Å². The molecular formula is C17H27ClN4O3. The molecule has 2 heterocycles. The number of likely N-dealkylation sites (tertiary alicyclic amines) is 1. The molecule has 25 heavy (non-hydrogen) atoms. The number of carbonyl (C=O) groups excluding carboxylic acids is 1. The molecule has 0 spiro atoms. The van der Waals surface area contributed by atoms with E-state index in [0.29, 0.717) is 36.9 Å². The minimum Gasteiger partial charge on any atom is -0.444 e. The molecule has 1 fully saturated rings. The van der Waals surface area contributed by atoms with Gasteiger partial charge in [-0.1, -0.05) is 11.6 Å². The summed E-state index contributed by atoms with van der Waals surface area (Å²) in [4.78, 5) is 14.0. The van der Waals surface area contributed by atoms with Crippen molar-refractivity contribution in [1.29, 1.82) is 0 Å². The lowest BCUT2D eigenvalue weighted by molar-refractivity contribution is 0.0206. The lowest BCUT2D eigenvalue weighted by Gasteiger charge is -2.34. The molecular weight excluding hydrogens is 344 g/mol. The highest BCUT2D eigenvalue weighted by atomic mass is 35.5. The summed E-state index contributed by atoms with van der Waals surface area (Å²) in [7, 11) is 0. The summed E-state index contributed by atoms with van der Waals surface area (Å²) in [5, 5.41) is 20.7. The quantitative estimate of drug-likeness (QED) is 0.828. The Labute approximate surface area is 153 Å². The van der Waals surface area contributed by atoms with Crippen LogP contribution in [0.1, 0.15) is 45.6 Å². The van der Waals surface area contributed by atoms with Crippen LogP contribution in [0.5, 0.6) is 0 Å². The Morgan fingerprint density at radius 1 is 1.48 bits per heavy atom. The minimum atomic E-state index is -0.499. The van der Waals surface area contributed by atoms with Gasteiger partial charge in [0.1, 0.15) is 11.4 Å². The first-order chi connectivity index (χ1) is 11.8. The maximum atomic E-state index is 12.2. The highest BCUT2D eigenvalue weighted by Crippen LogP contribution is 2.21. The smallest absolute Gasteiger partial charge is 0.410 e. The van der Waals surface area contributed by atoms with E-state index in [4.69, 9.17) is 21.4 Å². The molecule has 2 rings (SSSR count). The molecule has 7 nitrogen and oxygen atoms in total. The van der Waals surface area contributed by atoms with E-state index in [1.165, 1.54) is 0 Å². The van der Waals surface area contributed by atoms with E-state index in [-0.39, 0.29) is 18.7 Å². The number of rotatable bonds is 5. The number of aliphatic hydroxyl groups is 1. The average molecular weight is 371 g/mol. The molecule has 1 saturated heterocycles. The maximum absolute atomic E-state index is 12.2. The van der Waals surface area contributed by atoms with Gasteiger partial charge in [0, 0.05) is 25.7 Å². The van der Waals surface area contributed by atoms with Crippen LogP contribution in [0.4, 0.5) is 10.6 Å². The molecule has 2 N–H and O–H groups in total. The van der Waals surface area contributed by atoms with Crippen molar-refractivity contribution >= 4 is 23.5 Å². The number of amides is 1. The molecule has 0 bridgehead atoms. The van der Waals surface area contributed by atoms with Crippen molar-refractivity contribution in [2.75, 3.05) is 25.0 Å². The number of nitrogens with zero attached hydrogens (tertiary/aromatic N) is 3. The largest absolute Gasteiger partial charge is 0.444 e. The predicted octanol–water partition coefficient (Wildman–Crippen LogP) is 2.87. The van der Waals surface area contributed by atoms with Gasteiger partial charge in [0.15, 0.2) is 5.15 Å². The summed E-state index contributed by atoms with van der Waals surface area (Å²) < 4.78 is 5.44. The van der Waals surface area contributed by atoms with E-state index in [2.05, 4.69) is 15.5 Å². The maximum Gasteiger partial charge on any atom is 0.410 e. The molecule has 1 aliphatic rings. The average Bonchev–Trinajstić information content (AvgIpc) is 2.54. The molecule has 1 aliphatic heterocycles.